The molecule has 0 aliphatic heterocycles. The fourth-order valence-electron chi connectivity index (χ4n) is 2.82. The van der Waals surface area contributed by atoms with Crippen LogP contribution in [-0.2, 0) is 9.59 Å². The lowest BCUT2D eigenvalue weighted by Crippen LogP contribution is -2.22. The topological polar surface area (TPSA) is 70.6 Å². The van der Waals surface area contributed by atoms with Gasteiger partial charge >= 0.3 is 0 Å². The molecule has 0 aromatic heterocycles. The first kappa shape index (κ1) is 21.4. The molecule has 0 fully saturated rings. The molecule has 2 aromatic carbocycles. The zero-order chi connectivity index (χ0) is 20.4. The van der Waals surface area contributed by atoms with Crippen LogP contribution in [0.4, 0.5) is 5.69 Å². The SMILES string of the molecule is CCCCC(=NNC(=O)CCC(=O)Nc1ccc(C)cc1C)c1ccccc1. The van der Waals surface area contributed by atoms with Gasteiger partial charge in [-0.05, 0) is 43.9 Å². The number of aryl methyl sites for hydroxylation is 2. The van der Waals surface area contributed by atoms with Gasteiger partial charge in [-0.1, -0.05) is 61.4 Å². The first-order chi connectivity index (χ1) is 13.5. The fraction of sp³-hybridized carbons (Fsp3) is 0.348. The number of hydrazone groups is 1. The van der Waals surface area contributed by atoms with Gasteiger partial charge in [0.2, 0.25) is 11.8 Å². The molecule has 2 rings (SSSR count). The fourth-order valence-corrected chi connectivity index (χ4v) is 2.82. The first-order valence-electron chi connectivity index (χ1n) is 9.77. The molecule has 0 saturated heterocycles. The maximum atomic E-state index is 12.1. The quantitative estimate of drug-likeness (QED) is 0.488. The number of rotatable bonds is 9. The van der Waals surface area contributed by atoms with Crippen molar-refractivity contribution in [2.24, 2.45) is 5.10 Å². The number of nitrogens with zero attached hydrogens (tertiary/aromatic N) is 1. The highest BCUT2D eigenvalue weighted by Crippen LogP contribution is 2.16. The van der Waals surface area contributed by atoms with Gasteiger partial charge in [-0.3, -0.25) is 9.59 Å². The average molecular weight is 380 g/mol. The van der Waals surface area contributed by atoms with Gasteiger partial charge in [0.15, 0.2) is 0 Å². The van der Waals surface area contributed by atoms with Crippen LogP contribution in [-0.4, -0.2) is 17.5 Å². The van der Waals surface area contributed by atoms with Crippen molar-refractivity contribution in [3.05, 3.63) is 65.2 Å². The molecule has 0 saturated carbocycles. The average Bonchev–Trinajstić information content (AvgIpc) is 2.69. The van der Waals surface area contributed by atoms with Crippen molar-refractivity contribution in [2.45, 2.75) is 52.9 Å². The number of unbranched alkanes of at least 4 members (excludes halogenated alkanes) is 1. The first-order valence-corrected chi connectivity index (χ1v) is 9.77. The van der Waals surface area contributed by atoms with Crippen molar-refractivity contribution in [3.63, 3.8) is 0 Å². The van der Waals surface area contributed by atoms with E-state index in [9.17, 15) is 9.59 Å². The summed E-state index contributed by atoms with van der Waals surface area (Å²) in [7, 11) is 0. The lowest BCUT2D eigenvalue weighted by atomic mass is 10.1. The van der Waals surface area contributed by atoms with Gasteiger partial charge in [0.05, 0.1) is 5.71 Å². The smallest absolute Gasteiger partial charge is 0.240 e. The lowest BCUT2D eigenvalue weighted by Gasteiger charge is -2.09. The number of hydrogen-bond donors (Lipinski definition) is 2. The number of carbonyl (C=O) groups excluding carboxylic acids is 2. The third-order valence-electron chi connectivity index (χ3n) is 4.42. The molecule has 5 nitrogen and oxygen atoms in total. The highest BCUT2D eigenvalue weighted by molar-refractivity contribution is 6.01. The standard InChI is InChI=1S/C23H29N3O2/c1-4-5-11-21(19-9-7-6-8-10-19)25-26-23(28)15-14-22(27)24-20-13-12-17(2)16-18(20)3/h6-10,12-13,16H,4-5,11,14-15H2,1-3H3,(H,24,27)(H,26,28). The third kappa shape index (κ3) is 6.99. The normalized spacial score (nSPS) is 11.2. The molecular weight excluding hydrogens is 350 g/mol. The Morgan fingerprint density at radius 2 is 1.64 bits per heavy atom. The third-order valence-corrected chi connectivity index (χ3v) is 4.42. The van der Waals surface area contributed by atoms with Gasteiger partial charge in [-0.2, -0.15) is 5.10 Å². The van der Waals surface area contributed by atoms with Crippen LogP contribution in [0.3, 0.4) is 0 Å². The maximum absolute atomic E-state index is 12.1. The number of nitrogens with one attached hydrogen (secondary N) is 2. The zero-order valence-electron chi connectivity index (χ0n) is 16.9. The minimum Gasteiger partial charge on any atom is -0.326 e. The van der Waals surface area contributed by atoms with E-state index in [0.717, 1.165) is 47.4 Å². The Hall–Kier alpha value is -2.95. The Morgan fingerprint density at radius 1 is 0.929 bits per heavy atom. The predicted molar refractivity (Wildman–Crippen MR) is 114 cm³/mol. The lowest BCUT2D eigenvalue weighted by molar-refractivity contribution is -0.124. The van der Waals surface area contributed by atoms with Crippen molar-refractivity contribution in [1.29, 1.82) is 0 Å². The van der Waals surface area contributed by atoms with E-state index in [4.69, 9.17) is 0 Å². The maximum Gasteiger partial charge on any atom is 0.240 e. The van der Waals surface area contributed by atoms with E-state index in [2.05, 4.69) is 22.8 Å². The van der Waals surface area contributed by atoms with Crippen LogP contribution in [0, 0.1) is 13.8 Å². The van der Waals surface area contributed by atoms with Crippen LogP contribution in [0.1, 0.15) is 55.7 Å². The summed E-state index contributed by atoms with van der Waals surface area (Å²) >= 11 is 0. The van der Waals surface area contributed by atoms with Crippen molar-refractivity contribution >= 4 is 23.2 Å². The summed E-state index contributed by atoms with van der Waals surface area (Å²) in [6, 6.07) is 15.7. The molecule has 0 heterocycles. The van der Waals surface area contributed by atoms with Crippen molar-refractivity contribution in [2.75, 3.05) is 5.32 Å². The summed E-state index contributed by atoms with van der Waals surface area (Å²) < 4.78 is 0. The van der Waals surface area contributed by atoms with E-state index in [1.54, 1.807) is 0 Å². The van der Waals surface area contributed by atoms with E-state index < -0.39 is 0 Å². The Kier molecular flexibility index (Phi) is 8.40. The van der Waals surface area contributed by atoms with Crippen LogP contribution in [0.2, 0.25) is 0 Å². The van der Waals surface area contributed by atoms with Gasteiger partial charge in [0.25, 0.3) is 0 Å². The second kappa shape index (κ2) is 11.0. The highest BCUT2D eigenvalue weighted by atomic mass is 16.2. The van der Waals surface area contributed by atoms with Crippen LogP contribution < -0.4 is 10.7 Å². The number of anilines is 1. The number of amides is 2. The highest BCUT2D eigenvalue weighted by Gasteiger charge is 2.09. The summed E-state index contributed by atoms with van der Waals surface area (Å²) in [5, 5.41) is 7.16. The number of carbonyl (C=O) groups is 2. The molecule has 0 spiro atoms. The van der Waals surface area contributed by atoms with Gasteiger partial charge < -0.3 is 5.32 Å². The Balaban J connectivity index is 1.87. The van der Waals surface area contributed by atoms with E-state index in [0.29, 0.717) is 0 Å². The molecule has 0 aliphatic rings. The molecule has 2 amide bonds. The van der Waals surface area contributed by atoms with E-state index in [1.807, 2.05) is 62.4 Å². The number of hydrogen-bond acceptors (Lipinski definition) is 3. The summed E-state index contributed by atoms with van der Waals surface area (Å²) in [5.41, 5.74) is 7.38. The Labute approximate surface area is 167 Å². The Morgan fingerprint density at radius 3 is 2.32 bits per heavy atom. The molecular formula is C23H29N3O2. The van der Waals surface area contributed by atoms with Crippen LogP contribution in [0.5, 0.6) is 0 Å². The molecule has 28 heavy (non-hydrogen) atoms. The monoisotopic (exact) mass is 379 g/mol. The second-order valence-corrected chi connectivity index (χ2v) is 6.93. The summed E-state index contributed by atoms with van der Waals surface area (Å²) in [4.78, 5) is 24.3. The zero-order valence-corrected chi connectivity index (χ0v) is 16.9. The van der Waals surface area contributed by atoms with Crippen LogP contribution in [0.25, 0.3) is 0 Å². The summed E-state index contributed by atoms with van der Waals surface area (Å²) in [6.07, 6.45) is 3.06. The number of benzene rings is 2. The van der Waals surface area contributed by atoms with Crippen molar-refractivity contribution in [3.8, 4) is 0 Å². The van der Waals surface area contributed by atoms with Crippen LogP contribution >= 0.6 is 0 Å². The Bertz CT molecular complexity index is 829. The minimum absolute atomic E-state index is 0.0933. The van der Waals surface area contributed by atoms with Gasteiger partial charge in [0, 0.05) is 18.5 Å². The van der Waals surface area contributed by atoms with E-state index >= 15 is 0 Å². The minimum atomic E-state index is -0.263. The summed E-state index contributed by atoms with van der Waals surface area (Å²) in [5.74, 6) is -0.443. The molecule has 5 heteroatoms. The van der Waals surface area contributed by atoms with Gasteiger partial charge in [-0.15, -0.1) is 0 Å². The summed E-state index contributed by atoms with van der Waals surface area (Å²) in [6.45, 7) is 6.08. The molecule has 0 radical (unpaired) electrons. The van der Waals surface area contributed by atoms with Gasteiger partial charge in [0.1, 0.15) is 0 Å². The molecule has 2 N–H and O–H groups in total. The van der Waals surface area contributed by atoms with Crippen LogP contribution in [0.15, 0.2) is 53.6 Å². The molecule has 2 aromatic rings. The molecule has 0 unspecified atom stereocenters. The molecule has 0 atom stereocenters. The van der Waals surface area contributed by atoms with Gasteiger partial charge in [-0.25, -0.2) is 5.43 Å². The second-order valence-electron chi connectivity index (χ2n) is 6.93. The van der Waals surface area contributed by atoms with E-state index in [1.165, 1.54) is 0 Å². The molecule has 148 valence electrons. The predicted octanol–water partition coefficient (Wildman–Crippen LogP) is 4.73. The molecule has 0 aliphatic carbocycles. The van der Waals surface area contributed by atoms with Crippen molar-refractivity contribution < 1.29 is 9.59 Å². The van der Waals surface area contributed by atoms with Crippen molar-refractivity contribution in [1.82, 2.24) is 5.43 Å². The largest absolute Gasteiger partial charge is 0.326 e. The molecule has 0 bridgehead atoms. The van der Waals surface area contributed by atoms with E-state index in [-0.39, 0.29) is 24.7 Å².